The summed E-state index contributed by atoms with van der Waals surface area (Å²) < 4.78 is 5.71. The molecular formula is C28H32N2O5. The second kappa shape index (κ2) is 9.72. The number of alkyl carbamates (subject to hydrolysis) is 1. The quantitative estimate of drug-likeness (QED) is 0.672. The zero-order chi connectivity index (χ0) is 24.5. The summed E-state index contributed by atoms with van der Waals surface area (Å²) in [6, 6.07) is 16.1. The number of hydrogen-bond acceptors (Lipinski definition) is 4. The lowest BCUT2D eigenvalue weighted by Crippen LogP contribution is -2.49. The van der Waals surface area contributed by atoms with E-state index < -0.39 is 18.0 Å². The molecule has 3 aliphatic rings. The van der Waals surface area contributed by atoms with Crippen LogP contribution in [0.1, 0.15) is 49.7 Å². The van der Waals surface area contributed by atoms with Gasteiger partial charge in [0.1, 0.15) is 6.61 Å². The molecule has 0 radical (unpaired) electrons. The highest BCUT2D eigenvalue weighted by atomic mass is 16.5. The monoisotopic (exact) mass is 476 g/mol. The summed E-state index contributed by atoms with van der Waals surface area (Å²) >= 11 is 0. The van der Waals surface area contributed by atoms with Crippen molar-refractivity contribution in [2.45, 2.75) is 44.6 Å². The molecule has 0 bridgehead atoms. The van der Waals surface area contributed by atoms with E-state index in [-0.39, 0.29) is 42.9 Å². The molecule has 2 aromatic rings. The van der Waals surface area contributed by atoms with Gasteiger partial charge in [-0.05, 0) is 41.0 Å². The van der Waals surface area contributed by atoms with Crippen LogP contribution in [0.25, 0.3) is 11.1 Å². The predicted molar refractivity (Wildman–Crippen MR) is 131 cm³/mol. The molecule has 7 nitrogen and oxygen atoms in total. The average molecular weight is 477 g/mol. The summed E-state index contributed by atoms with van der Waals surface area (Å²) in [5, 5.41) is 12.4. The van der Waals surface area contributed by atoms with Crippen molar-refractivity contribution >= 4 is 18.0 Å². The van der Waals surface area contributed by atoms with Gasteiger partial charge in [-0.1, -0.05) is 68.3 Å². The van der Waals surface area contributed by atoms with Crippen molar-refractivity contribution in [3.63, 3.8) is 0 Å². The molecule has 5 rings (SSSR count). The molecule has 2 N–H and O–H groups in total. The van der Waals surface area contributed by atoms with Crippen molar-refractivity contribution in [1.82, 2.24) is 10.2 Å². The summed E-state index contributed by atoms with van der Waals surface area (Å²) in [4.78, 5) is 39.3. The number of aliphatic carboxylic acids is 1. The van der Waals surface area contributed by atoms with Crippen molar-refractivity contribution in [2.75, 3.05) is 19.7 Å². The summed E-state index contributed by atoms with van der Waals surface area (Å²) in [6.07, 6.45) is 2.76. The Labute approximate surface area is 205 Å². The first kappa shape index (κ1) is 23.4. The number of carboxylic acids is 1. The molecule has 0 spiro atoms. The summed E-state index contributed by atoms with van der Waals surface area (Å²) in [5.41, 5.74) is 4.66. The van der Waals surface area contributed by atoms with Gasteiger partial charge in [0.2, 0.25) is 5.91 Å². The Morgan fingerprint density at radius 2 is 1.57 bits per heavy atom. The number of carbonyl (C=O) groups excluding carboxylic acids is 2. The fourth-order valence-electron chi connectivity index (χ4n) is 6.09. The third kappa shape index (κ3) is 4.51. The number of amides is 2. The predicted octanol–water partition coefficient (Wildman–Crippen LogP) is 4.26. The fraction of sp³-hybridized carbons (Fsp3) is 0.464. The highest BCUT2D eigenvalue weighted by molar-refractivity contribution is 5.83. The summed E-state index contributed by atoms with van der Waals surface area (Å²) in [6.45, 7) is 2.79. The second-order valence-corrected chi connectivity index (χ2v) is 10.1. The van der Waals surface area contributed by atoms with Crippen LogP contribution < -0.4 is 5.32 Å². The van der Waals surface area contributed by atoms with Gasteiger partial charge in [0.05, 0.1) is 11.8 Å². The lowest BCUT2D eigenvalue weighted by molar-refractivity contribution is -0.142. The third-order valence-corrected chi connectivity index (χ3v) is 7.97. The molecule has 184 valence electrons. The smallest absolute Gasteiger partial charge is 0.407 e. The first-order chi connectivity index (χ1) is 16.9. The minimum Gasteiger partial charge on any atom is -0.481 e. The Kier molecular flexibility index (Phi) is 6.50. The molecule has 2 amide bonds. The molecule has 4 unspecified atom stereocenters. The van der Waals surface area contributed by atoms with Crippen LogP contribution in [0.15, 0.2) is 48.5 Å². The molecule has 2 aliphatic carbocycles. The number of fused-ring (bicyclic) bond motifs is 3. The minimum atomic E-state index is -0.857. The largest absolute Gasteiger partial charge is 0.481 e. The van der Waals surface area contributed by atoms with E-state index in [4.69, 9.17) is 4.74 Å². The summed E-state index contributed by atoms with van der Waals surface area (Å²) in [5.74, 6) is -1.88. The van der Waals surface area contributed by atoms with Crippen LogP contribution in [-0.4, -0.2) is 53.7 Å². The zero-order valence-electron chi connectivity index (χ0n) is 20.0. The molecule has 2 fully saturated rings. The number of hydrogen-bond donors (Lipinski definition) is 2. The number of ether oxygens (including phenoxy) is 1. The van der Waals surface area contributed by atoms with Crippen LogP contribution in [0.3, 0.4) is 0 Å². The average Bonchev–Trinajstić information content (AvgIpc) is 3.41. The molecule has 1 saturated carbocycles. The van der Waals surface area contributed by atoms with E-state index in [0.717, 1.165) is 24.0 Å². The van der Waals surface area contributed by atoms with Crippen LogP contribution in [0.5, 0.6) is 0 Å². The van der Waals surface area contributed by atoms with Crippen LogP contribution in [0, 0.1) is 17.8 Å². The SMILES string of the molecule is CC1CN(C(=O)C2CCCCC2NC(=O)OCC2c3ccccc3-c3ccccc32)CC1C(=O)O. The molecule has 1 heterocycles. The van der Waals surface area contributed by atoms with E-state index in [1.165, 1.54) is 11.1 Å². The van der Waals surface area contributed by atoms with Crippen molar-refractivity contribution in [3.05, 3.63) is 59.7 Å². The van der Waals surface area contributed by atoms with Gasteiger partial charge in [0, 0.05) is 25.0 Å². The highest BCUT2D eigenvalue weighted by Gasteiger charge is 2.42. The molecule has 4 atom stereocenters. The van der Waals surface area contributed by atoms with Crippen LogP contribution in [-0.2, 0) is 14.3 Å². The van der Waals surface area contributed by atoms with E-state index in [9.17, 15) is 19.5 Å². The van der Waals surface area contributed by atoms with Gasteiger partial charge < -0.3 is 20.1 Å². The Bertz CT molecular complexity index is 1090. The van der Waals surface area contributed by atoms with E-state index >= 15 is 0 Å². The molecule has 1 aliphatic heterocycles. The number of carbonyl (C=O) groups is 3. The molecule has 1 saturated heterocycles. The van der Waals surface area contributed by atoms with E-state index in [1.807, 2.05) is 31.2 Å². The number of nitrogens with zero attached hydrogens (tertiary/aromatic N) is 1. The van der Waals surface area contributed by atoms with Crippen molar-refractivity contribution in [2.24, 2.45) is 17.8 Å². The van der Waals surface area contributed by atoms with E-state index in [1.54, 1.807) is 4.90 Å². The van der Waals surface area contributed by atoms with Gasteiger partial charge in [-0.25, -0.2) is 4.79 Å². The minimum absolute atomic E-state index is 0.0176. The maximum atomic E-state index is 13.3. The second-order valence-electron chi connectivity index (χ2n) is 10.1. The van der Waals surface area contributed by atoms with Crippen molar-refractivity contribution < 1.29 is 24.2 Å². The lowest BCUT2D eigenvalue weighted by Gasteiger charge is -2.33. The standard InChI is InChI=1S/C28H32N2O5/c1-17-14-30(15-23(17)27(32)33)26(31)22-12-6-7-13-25(22)29-28(34)35-16-24-20-10-4-2-8-18(20)19-9-3-5-11-21(19)24/h2-5,8-11,17,22-25H,6-7,12-16H2,1H3,(H,29,34)(H,32,33). The molecular weight excluding hydrogens is 444 g/mol. The van der Waals surface area contributed by atoms with E-state index in [2.05, 4.69) is 29.6 Å². The molecule has 2 aromatic carbocycles. The van der Waals surface area contributed by atoms with E-state index in [0.29, 0.717) is 19.4 Å². The molecule has 7 heteroatoms. The van der Waals surface area contributed by atoms with Crippen LogP contribution in [0.4, 0.5) is 4.79 Å². The van der Waals surface area contributed by atoms with Crippen molar-refractivity contribution in [1.29, 1.82) is 0 Å². The van der Waals surface area contributed by atoms with Crippen molar-refractivity contribution in [3.8, 4) is 11.1 Å². The Morgan fingerprint density at radius 1 is 0.943 bits per heavy atom. The number of likely N-dealkylation sites (tertiary alicyclic amines) is 1. The Hall–Kier alpha value is -3.35. The fourth-order valence-corrected chi connectivity index (χ4v) is 6.09. The maximum absolute atomic E-state index is 13.3. The maximum Gasteiger partial charge on any atom is 0.407 e. The van der Waals surface area contributed by atoms with Gasteiger partial charge in [0.15, 0.2) is 0 Å². The normalized spacial score (nSPS) is 25.6. The number of benzene rings is 2. The van der Waals surface area contributed by atoms with Gasteiger partial charge in [-0.3, -0.25) is 9.59 Å². The molecule has 35 heavy (non-hydrogen) atoms. The number of rotatable bonds is 5. The Morgan fingerprint density at radius 3 is 2.20 bits per heavy atom. The van der Waals surface area contributed by atoms with Crippen LogP contribution >= 0.6 is 0 Å². The first-order valence-corrected chi connectivity index (χ1v) is 12.6. The zero-order valence-corrected chi connectivity index (χ0v) is 20.0. The first-order valence-electron chi connectivity index (χ1n) is 12.6. The van der Waals surface area contributed by atoms with Gasteiger partial charge >= 0.3 is 12.1 Å². The summed E-state index contributed by atoms with van der Waals surface area (Å²) in [7, 11) is 0. The van der Waals surface area contributed by atoms with Gasteiger partial charge in [-0.15, -0.1) is 0 Å². The Balaban J connectivity index is 1.22. The molecule has 0 aromatic heterocycles. The third-order valence-electron chi connectivity index (χ3n) is 7.97. The number of nitrogens with one attached hydrogen (secondary N) is 1. The van der Waals surface area contributed by atoms with Gasteiger partial charge in [-0.2, -0.15) is 0 Å². The van der Waals surface area contributed by atoms with Crippen LogP contribution in [0.2, 0.25) is 0 Å². The lowest BCUT2D eigenvalue weighted by atomic mass is 9.83. The topological polar surface area (TPSA) is 95.9 Å². The highest BCUT2D eigenvalue weighted by Crippen LogP contribution is 2.44. The number of carboxylic acid groups (broad SMARTS) is 1. The van der Waals surface area contributed by atoms with Gasteiger partial charge in [0.25, 0.3) is 0 Å².